The topological polar surface area (TPSA) is 67.6 Å². The normalized spacial score (nSPS) is 18.0. The van der Waals surface area contributed by atoms with Crippen LogP contribution in [0.25, 0.3) is 5.73 Å². The van der Waals surface area contributed by atoms with E-state index in [9.17, 15) is 9.90 Å². The van der Waals surface area contributed by atoms with Crippen molar-refractivity contribution in [3.8, 4) is 0 Å². The van der Waals surface area contributed by atoms with Crippen molar-refractivity contribution in [3.63, 3.8) is 0 Å². The van der Waals surface area contributed by atoms with Gasteiger partial charge in [0.15, 0.2) is 0 Å². The van der Waals surface area contributed by atoms with Crippen molar-refractivity contribution in [2.24, 2.45) is 0 Å². The molecule has 141 valence electrons. The zero-order valence-electron chi connectivity index (χ0n) is 15.3. The van der Waals surface area contributed by atoms with E-state index in [1.807, 2.05) is 25.2 Å². The second-order valence-electron chi connectivity index (χ2n) is 6.73. The van der Waals surface area contributed by atoms with Crippen LogP contribution >= 0.6 is 11.6 Å². The SMILES string of the molecule is CN(c1ccc(C([NH-])=O)cc1Cl)[C@H](CN1CC[C@H](O)C1)c1ccccc1.[Pr]. The summed E-state index contributed by atoms with van der Waals surface area (Å²) >= 11 is 6.41. The smallest absolute Gasteiger partial charge is 0.0796 e. The minimum atomic E-state index is -0.744. The molecule has 3 rings (SSSR count). The first kappa shape index (κ1) is 22.6. The fourth-order valence-corrected chi connectivity index (χ4v) is 3.77. The molecule has 1 aliphatic rings. The third-order valence-electron chi connectivity index (χ3n) is 4.92. The molecule has 1 aliphatic heterocycles. The third-order valence-corrected chi connectivity index (χ3v) is 5.22. The van der Waals surface area contributed by atoms with Crippen LogP contribution in [-0.2, 0) is 0 Å². The van der Waals surface area contributed by atoms with Gasteiger partial charge in [-0.25, -0.2) is 0 Å². The number of hydrogen-bond donors (Lipinski definition) is 1. The first-order valence-corrected chi connectivity index (χ1v) is 9.07. The van der Waals surface area contributed by atoms with E-state index in [1.165, 1.54) is 0 Å². The Labute approximate surface area is 198 Å². The van der Waals surface area contributed by atoms with Gasteiger partial charge in [-0.15, -0.1) is 0 Å². The van der Waals surface area contributed by atoms with Crippen molar-refractivity contribution in [2.45, 2.75) is 18.6 Å². The molecule has 1 fully saturated rings. The minimum absolute atomic E-state index is 0. The molecular formula is C20H23ClN3O2Pr-. The van der Waals surface area contributed by atoms with Gasteiger partial charge in [0.05, 0.1) is 28.8 Å². The van der Waals surface area contributed by atoms with Crippen molar-refractivity contribution >= 4 is 23.2 Å². The van der Waals surface area contributed by atoms with Gasteiger partial charge in [-0.1, -0.05) is 48.0 Å². The number of likely N-dealkylation sites (N-methyl/N-ethyl adjacent to an activating group) is 1. The molecule has 0 bridgehead atoms. The Kier molecular flexibility index (Phi) is 8.50. The molecule has 2 N–H and O–H groups in total. The maximum Gasteiger partial charge on any atom is 0.0796 e. The summed E-state index contributed by atoms with van der Waals surface area (Å²) in [6.45, 7) is 2.32. The van der Waals surface area contributed by atoms with Gasteiger partial charge in [0.25, 0.3) is 0 Å². The van der Waals surface area contributed by atoms with Crippen LogP contribution < -0.4 is 4.90 Å². The number of nitrogens with zero attached hydrogens (tertiary/aromatic N) is 2. The number of nitrogens with one attached hydrogen (secondary N) is 1. The molecule has 5 nitrogen and oxygen atoms in total. The predicted octanol–water partition coefficient (Wildman–Crippen LogP) is 3.78. The van der Waals surface area contributed by atoms with Gasteiger partial charge < -0.3 is 20.5 Å². The molecule has 2 atom stereocenters. The summed E-state index contributed by atoms with van der Waals surface area (Å²) in [6, 6.07) is 15.2. The second kappa shape index (κ2) is 10.2. The number of halogens is 1. The summed E-state index contributed by atoms with van der Waals surface area (Å²) in [5, 5.41) is 10.3. The number of amides is 1. The van der Waals surface area contributed by atoms with Gasteiger partial charge >= 0.3 is 0 Å². The van der Waals surface area contributed by atoms with Crippen LogP contribution in [0, 0.1) is 41.3 Å². The summed E-state index contributed by atoms with van der Waals surface area (Å²) in [5.41, 5.74) is 9.49. The van der Waals surface area contributed by atoms with E-state index >= 15 is 0 Å². The van der Waals surface area contributed by atoms with Crippen LogP contribution in [0.1, 0.15) is 28.4 Å². The molecule has 1 amide bonds. The van der Waals surface area contributed by atoms with Gasteiger partial charge in [0, 0.05) is 73.5 Å². The maximum atomic E-state index is 11.3. The van der Waals surface area contributed by atoms with E-state index in [1.54, 1.807) is 18.2 Å². The molecule has 1 saturated heterocycles. The number of anilines is 1. The molecule has 0 aromatic heterocycles. The zero-order valence-corrected chi connectivity index (χ0v) is 19.8. The Morgan fingerprint density at radius 3 is 2.59 bits per heavy atom. The van der Waals surface area contributed by atoms with Crippen LogP contribution in [0.2, 0.25) is 5.02 Å². The summed E-state index contributed by atoms with van der Waals surface area (Å²) in [5.74, 6) is -0.744. The zero-order chi connectivity index (χ0) is 18.7. The van der Waals surface area contributed by atoms with Crippen molar-refractivity contribution in [2.75, 3.05) is 31.6 Å². The molecular weight excluding hydrogens is 491 g/mol. The number of aliphatic hydroxyl groups excluding tert-OH is 1. The third kappa shape index (κ3) is 5.64. The predicted molar refractivity (Wildman–Crippen MR) is 105 cm³/mol. The van der Waals surface area contributed by atoms with E-state index < -0.39 is 5.91 Å². The Balaban J connectivity index is 0.00000261. The second-order valence-corrected chi connectivity index (χ2v) is 7.14. The Morgan fingerprint density at radius 1 is 1.33 bits per heavy atom. The molecule has 7 heteroatoms. The number of carbonyl (C=O) groups excluding carboxylic acids is 1. The van der Waals surface area contributed by atoms with E-state index in [-0.39, 0.29) is 59.0 Å². The summed E-state index contributed by atoms with van der Waals surface area (Å²) in [7, 11) is 1.98. The average molecular weight is 514 g/mol. The number of benzene rings is 2. The quantitative estimate of drug-likeness (QED) is 0.638. The minimum Gasteiger partial charge on any atom is -0.664 e. The molecule has 0 saturated carbocycles. The molecule has 0 spiro atoms. The fraction of sp³-hybridized carbons (Fsp3) is 0.350. The fourth-order valence-electron chi connectivity index (χ4n) is 3.45. The molecule has 27 heavy (non-hydrogen) atoms. The van der Waals surface area contributed by atoms with Crippen LogP contribution in [0.4, 0.5) is 5.69 Å². The molecule has 0 aliphatic carbocycles. The number of β-amino-alcohol motifs (C(OH)–C–C–N with tert-alkyl or cyclic N) is 1. The standard InChI is InChI=1S/C20H24ClN3O2.Pr/c1-23(18-8-7-15(20(22)26)11-17(18)21)19(14-5-3-2-4-6-14)13-24-10-9-16(25)12-24;/h2-8,11,16,19,25H,9-10,12-13H2,1H3,(H2,22,26);/p-1/t16-,19+;/m0./s1. The Morgan fingerprint density at radius 2 is 2.04 bits per heavy atom. The number of aliphatic hydroxyl groups is 1. The number of hydrogen-bond acceptors (Lipinski definition) is 4. The number of rotatable bonds is 6. The first-order valence-electron chi connectivity index (χ1n) is 8.69. The molecule has 2 aromatic carbocycles. The van der Waals surface area contributed by atoms with E-state index in [0.29, 0.717) is 11.6 Å². The van der Waals surface area contributed by atoms with Gasteiger partial charge in [0.1, 0.15) is 0 Å². The summed E-state index contributed by atoms with van der Waals surface area (Å²) in [4.78, 5) is 15.6. The van der Waals surface area contributed by atoms with Crippen LogP contribution in [0.5, 0.6) is 0 Å². The van der Waals surface area contributed by atoms with E-state index in [2.05, 4.69) is 21.9 Å². The van der Waals surface area contributed by atoms with Gasteiger partial charge in [-0.05, 0) is 24.1 Å². The monoisotopic (exact) mass is 513 g/mol. The average Bonchev–Trinajstić information content (AvgIpc) is 3.04. The summed E-state index contributed by atoms with van der Waals surface area (Å²) in [6.07, 6.45) is 0.536. The molecule has 1 radical (unpaired) electrons. The van der Waals surface area contributed by atoms with Crippen molar-refractivity contribution < 1.29 is 51.2 Å². The molecule has 2 aromatic rings. The number of carbonyl (C=O) groups is 1. The first-order chi connectivity index (χ1) is 12.5. The van der Waals surface area contributed by atoms with Crippen molar-refractivity contribution in [1.29, 1.82) is 0 Å². The van der Waals surface area contributed by atoms with Gasteiger partial charge in [-0.2, -0.15) is 0 Å². The molecule has 0 unspecified atom stereocenters. The van der Waals surface area contributed by atoms with E-state index in [0.717, 1.165) is 30.8 Å². The van der Waals surface area contributed by atoms with Crippen LogP contribution in [0.3, 0.4) is 0 Å². The van der Waals surface area contributed by atoms with Crippen LogP contribution in [-0.4, -0.2) is 48.7 Å². The maximum absolute atomic E-state index is 11.3. The molecule has 1 heterocycles. The van der Waals surface area contributed by atoms with Crippen molar-refractivity contribution in [3.05, 3.63) is 70.4 Å². The Hall–Kier alpha value is -0.716. The van der Waals surface area contributed by atoms with Crippen LogP contribution in [0.15, 0.2) is 48.5 Å². The summed E-state index contributed by atoms with van der Waals surface area (Å²) < 4.78 is 0. The van der Waals surface area contributed by atoms with Gasteiger partial charge in [0.2, 0.25) is 0 Å². The van der Waals surface area contributed by atoms with Gasteiger partial charge in [-0.3, -0.25) is 4.90 Å². The number of likely N-dealkylation sites (tertiary alicyclic amines) is 1. The van der Waals surface area contributed by atoms with Crippen molar-refractivity contribution in [1.82, 2.24) is 4.90 Å². The Bertz CT molecular complexity index is 775. The largest absolute Gasteiger partial charge is 0.664 e. The van der Waals surface area contributed by atoms with E-state index in [4.69, 9.17) is 17.3 Å².